The van der Waals surface area contributed by atoms with E-state index in [9.17, 15) is 4.79 Å². The summed E-state index contributed by atoms with van der Waals surface area (Å²) in [5, 5.41) is 6.80. The van der Waals surface area contributed by atoms with Crippen LogP contribution < -0.4 is 24.8 Å². The normalized spacial score (nSPS) is 11.6. The molecule has 0 aliphatic rings. The van der Waals surface area contributed by atoms with Crippen LogP contribution in [0.4, 0.5) is 10.5 Å². The molecule has 4 aromatic rings. The van der Waals surface area contributed by atoms with Gasteiger partial charge in [-0.2, -0.15) is 0 Å². The predicted molar refractivity (Wildman–Crippen MR) is 141 cm³/mol. The Morgan fingerprint density at radius 2 is 1.74 bits per heavy atom. The molecule has 0 aliphatic carbocycles. The van der Waals surface area contributed by atoms with Crippen molar-refractivity contribution in [3.63, 3.8) is 0 Å². The molecule has 0 unspecified atom stereocenters. The monoisotopic (exact) mass is 555 g/mol. The highest BCUT2D eigenvalue weighted by Gasteiger charge is 2.14. The average molecular weight is 557 g/mol. The number of rotatable bonds is 7. The van der Waals surface area contributed by atoms with E-state index in [2.05, 4.69) is 31.5 Å². The maximum absolute atomic E-state index is 12.5. The highest BCUT2D eigenvalue weighted by Crippen LogP contribution is 2.38. The lowest BCUT2D eigenvalue weighted by atomic mass is 10.1. The van der Waals surface area contributed by atoms with E-state index in [4.69, 9.17) is 25.8 Å². The summed E-state index contributed by atoms with van der Waals surface area (Å²) in [4.78, 5) is 16.9. The first-order valence-electron chi connectivity index (χ1n) is 10.7. The Morgan fingerprint density at radius 3 is 2.46 bits per heavy atom. The Labute approximate surface area is 216 Å². The van der Waals surface area contributed by atoms with Gasteiger partial charge in [-0.15, -0.1) is 0 Å². The molecular weight excluding hydrogens is 534 g/mol. The van der Waals surface area contributed by atoms with Gasteiger partial charge in [-0.1, -0.05) is 39.7 Å². The van der Waals surface area contributed by atoms with Gasteiger partial charge >= 0.3 is 6.03 Å². The number of anilines is 1. The maximum atomic E-state index is 12.5. The standard InChI is InChI=1S/C26H23BrClN3O4/c1-15(16-5-4-6-17(27)11-16)30-26(32)31-18-7-8-23(20(28)12-18)35-22-9-10-29-21-14-25(34-3)24(33-2)13-19(21)22/h4-15H,1-3H3,(H2,30,31,32)/t15-/m1/s1. The number of amides is 2. The molecule has 9 heteroatoms. The van der Waals surface area contributed by atoms with Gasteiger partial charge in [-0.05, 0) is 55.0 Å². The van der Waals surface area contributed by atoms with Gasteiger partial charge in [0.05, 0.1) is 30.8 Å². The molecule has 7 nitrogen and oxygen atoms in total. The molecule has 1 heterocycles. The number of ether oxygens (including phenoxy) is 3. The summed E-state index contributed by atoms with van der Waals surface area (Å²) in [6, 6.07) is 17.6. The van der Waals surface area contributed by atoms with Gasteiger partial charge in [-0.3, -0.25) is 4.98 Å². The van der Waals surface area contributed by atoms with Crippen molar-refractivity contribution in [1.29, 1.82) is 0 Å². The third kappa shape index (κ3) is 5.78. The van der Waals surface area contributed by atoms with Gasteiger partial charge in [0.2, 0.25) is 0 Å². The number of halogens is 2. The van der Waals surface area contributed by atoms with Crippen LogP contribution >= 0.6 is 27.5 Å². The van der Waals surface area contributed by atoms with Crippen LogP contribution in [0.1, 0.15) is 18.5 Å². The largest absolute Gasteiger partial charge is 0.493 e. The number of hydrogen-bond acceptors (Lipinski definition) is 5. The van der Waals surface area contributed by atoms with Crippen LogP contribution in [0, 0.1) is 0 Å². The van der Waals surface area contributed by atoms with Crippen molar-refractivity contribution in [3.8, 4) is 23.0 Å². The second-order valence-corrected chi connectivity index (χ2v) is 8.98. The second-order valence-electron chi connectivity index (χ2n) is 7.66. The molecule has 1 aromatic heterocycles. The zero-order valence-electron chi connectivity index (χ0n) is 19.3. The second kappa shape index (κ2) is 10.8. The van der Waals surface area contributed by atoms with Crippen molar-refractivity contribution in [2.45, 2.75) is 13.0 Å². The van der Waals surface area contributed by atoms with Crippen LogP contribution in [-0.2, 0) is 0 Å². The van der Waals surface area contributed by atoms with E-state index in [0.717, 1.165) is 15.4 Å². The van der Waals surface area contributed by atoms with Crippen LogP contribution in [0.5, 0.6) is 23.0 Å². The van der Waals surface area contributed by atoms with Gasteiger partial charge < -0.3 is 24.8 Å². The molecule has 1 atom stereocenters. The van der Waals surface area contributed by atoms with E-state index >= 15 is 0 Å². The number of urea groups is 1. The molecule has 0 radical (unpaired) electrons. The molecule has 0 spiro atoms. The Kier molecular flexibility index (Phi) is 7.63. The number of carbonyl (C=O) groups excluding carboxylic acids is 1. The molecule has 35 heavy (non-hydrogen) atoms. The van der Waals surface area contributed by atoms with Crippen molar-refractivity contribution < 1.29 is 19.0 Å². The van der Waals surface area contributed by atoms with Gasteiger partial charge in [-0.25, -0.2) is 4.79 Å². The van der Waals surface area contributed by atoms with Gasteiger partial charge in [0.15, 0.2) is 11.5 Å². The lowest BCUT2D eigenvalue weighted by molar-refractivity contribution is 0.249. The number of nitrogens with one attached hydrogen (secondary N) is 2. The zero-order chi connectivity index (χ0) is 24.9. The summed E-state index contributed by atoms with van der Waals surface area (Å²) in [5.74, 6) is 2.12. The van der Waals surface area contributed by atoms with Crippen molar-refractivity contribution in [2.24, 2.45) is 0 Å². The van der Waals surface area contributed by atoms with Crippen molar-refractivity contribution in [1.82, 2.24) is 10.3 Å². The summed E-state index contributed by atoms with van der Waals surface area (Å²) in [5.41, 5.74) is 2.20. The Hall–Kier alpha value is -3.49. The van der Waals surface area contributed by atoms with Gasteiger partial charge in [0.1, 0.15) is 11.5 Å². The summed E-state index contributed by atoms with van der Waals surface area (Å²) in [7, 11) is 3.14. The van der Waals surface area contributed by atoms with Crippen LogP contribution in [0.15, 0.2) is 71.3 Å². The van der Waals surface area contributed by atoms with E-state index < -0.39 is 0 Å². The minimum absolute atomic E-state index is 0.179. The number of pyridine rings is 1. The minimum atomic E-state index is -0.344. The van der Waals surface area contributed by atoms with Crippen molar-refractivity contribution in [2.75, 3.05) is 19.5 Å². The topological polar surface area (TPSA) is 81.7 Å². The summed E-state index contributed by atoms with van der Waals surface area (Å²) in [6.45, 7) is 1.91. The van der Waals surface area contributed by atoms with Crippen LogP contribution in [0.2, 0.25) is 5.02 Å². The highest BCUT2D eigenvalue weighted by atomic mass is 79.9. The van der Waals surface area contributed by atoms with Gasteiger partial charge in [0.25, 0.3) is 0 Å². The fourth-order valence-electron chi connectivity index (χ4n) is 3.54. The lowest BCUT2D eigenvalue weighted by Gasteiger charge is -2.16. The third-order valence-corrected chi connectivity index (χ3v) is 6.10. The number of hydrogen-bond donors (Lipinski definition) is 2. The maximum Gasteiger partial charge on any atom is 0.319 e. The quantitative estimate of drug-likeness (QED) is 0.249. The summed E-state index contributed by atoms with van der Waals surface area (Å²) < 4.78 is 17.8. The molecule has 2 amide bonds. The summed E-state index contributed by atoms with van der Waals surface area (Å²) in [6.07, 6.45) is 1.64. The lowest BCUT2D eigenvalue weighted by Crippen LogP contribution is -2.31. The molecule has 0 saturated carbocycles. The smallest absolute Gasteiger partial charge is 0.319 e. The average Bonchev–Trinajstić information content (AvgIpc) is 2.84. The van der Waals surface area contributed by atoms with Crippen LogP contribution in [0.25, 0.3) is 10.9 Å². The first-order valence-corrected chi connectivity index (χ1v) is 11.9. The Balaban J connectivity index is 1.49. The first-order chi connectivity index (χ1) is 16.9. The number of nitrogens with zero attached hydrogens (tertiary/aromatic N) is 1. The SMILES string of the molecule is COc1cc2nccc(Oc3ccc(NC(=O)N[C@H](C)c4cccc(Br)c4)cc3Cl)c2cc1OC. The highest BCUT2D eigenvalue weighted by molar-refractivity contribution is 9.10. The zero-order valence-corrected chi connectivity index (χ0v) is 21.6. The van der Waals surface area contributed by atoms with Gasteiger partial charge in [0, 0.05) is 27.8 Å². The van der Waals surface area contributed by atoms with E-state index in [1.54, 1.807) is 56.8 Å². The molecule has 4 rings (SSSR count). The van der Waals surface area contributed by atoms with E-state index in [-0.39, 0.29) is 12.1 Å². The molecule has 0 bridgehead atoms. The number of carbonyl (C=O) groups is 1. The van der Waals surface area contributed by atoms with E-state index in [1.165, 1.54) is 0 Å². The fraction of sp³-hybridized carbons (Fsp3) is 0.154. The molecule has 0 aliphatic heterocycles. The van der Waals surface area contributed by atoms with E-state index in [1.807, 2.05) is 31.2 Å². The number of aromatic nitrogens is 1. The third-order valence-electron chi connectivity index (χ3n) is 5.31. The van der Waals surface area contributed by atoms with E-state index in [0.29, 0.717) is 39.2 Å². The van der Waals surface area contributed by atoms with Crippen molar-refractivity contribution >= 4 is 50.2 Å². The Morgan fingerprint density at radius 1 is 0.971 bits per heavy atom. The van der Waals surface area contributed by atoms with Crippen molar-refractivity contribution in [3.05, 3.63) is 81.9 Å². The molecule has 0 fully saturated rings. The summed E-state index contributed by atoms with van der Waals surface area (Å²) >= 11 is 9.92. The van der Waals surface area contributed by atoms with Crippen LogP contribution in [0.3, 0.4) is 0 Å². The minimum Gasteiger partial charge on any atom is -0.493 e. The molecule has 0 saturated heterocycles. The number of benzene rings is 3. The Bertz CT molecular complexity index is 1380. The fourth-order valence-corrected chi connectivity index (χ4v) is 4.18. The molecule has 2 N–H and O–H groups in total. The predicted octanol–water partition coefficient (Wildman–Crippen LogP) is 7.34. The number of fused-ring (bicyclic) bond motifs is 1. The molecule has 3 aromatic carbocycles. The van der Waals surface area contributed by atoms with Crippen LogP contribution in [-0.4, -0.2) is 25.2 Å². The molecular formula is C26H23BrClN3O4. The first kappa shape index (κ1) is 24.6. The number of methoxy groups -OCH3 is 2. The molecule has 180 valence electrons.